The molecule has 0 radical (unpaired) electrons. The normalized spacial score (nSPS) is 19.8. The van der Waals surface area contributed by atoms with E-state index in [4.69, 9.17) is 11.6 Å². The van der Waals surface area contributed by atoms with E-state index in [0.717, 1.165) is 12.0 Å². The molecule has 2 aromatic rings. The van der Waals surface area contributed by atoms with E-state index in [2.05, 4.69) is 15.5 Å². The van der Waals surface area contributed by atoms with Crippen LogP contribution in [0, 0.1) is 13.8 Å². The van der Waals surface area contributed by atoms with Crippen molar-refractivity contribution in [3.05, 3.63) is 62.0 Å². The van der Waals surface area contributed by atoms with Crippen LogP contribution in [0.25, 0.3) is 0 Å². The zero-order chi connectivity index (χ0) is 15.9. The number of amides is 1. The van der Waals surface area contributed by atoms with Crippen LogP contribution in [0.2, 0.25) is 5.02 Å². The second-order valence-electron chi connectivity index (χ2n) is 5.62. The fourth-order valence-electron chi connectivity index (χ4n) is 2.60. The Morgan fingerprint density at radius 2 is 2.18 bits per heavy atom. The van der Waals surface area contributed by atoms with Gasteiger partial charge >= 0.3 is 0 Å². The largest absolute Gasteiger partial charge is 0.348 e. The fourth-order valence-corrected chi connectivity index (χ4v) is 2.80. The number of carbonyl (C=O) groups excluding carboxylic acids is 1. The lowest BCUT2D eigenvalue weighted by molar-refractivity contribution is 0.0947. The number of nitrogens with zero attached hydrogens (tertiary/aromatic N) is 1. The molecule has 1 fully saturated rings. The Morgan fingerprint density at radius 1 is 1.41 bits per heavy atom. The van der Waals surface area contributed by atoms with E-state index in [1.807, 2.05) is 24.3 Å². The summed E-state index contributed by atoms with van der Waals surface area (Å²) in [5.41, 5.74) is 2.05. The van der Waals surface area contributed by atoms with Crippen molar-refractivity contribution in [1.82, 2.24) is 15.5 Å². The Bertz CT molecular complexity index is 800. The van der Waals surface area contributed by atoms with Crippen LogP contribution >= 0.6 is 11.6 Å². The summed E-state index contributed by atoms with van der Waals surface area (Å²) in [6.07, 6.45) is 0.854. The first kappa shape index (κ1) is 14.8. The third-order valence-electron chi connectivity index (χ3n) is 4.08. The summed E-state index contributed by atoms with van der Waals surface area (Å²) in [6, 6.07) is 7.67. The monoisotopic (exact) mass is 317 g/mol. The van der Waals surface area contributed by atoms with E-state index in [1.165, 1.54) is 0 Å². The molecule has 6 heteroatoms. The average Bonchev–Trinajstić information content (AvgIpc) is 3.22. The van der Waals surface area contributed by atoms with E-state index in [9.17, 15) is 9.59 Å². The minimum absolute atomic E-state index is 0.0400. The van der Waals surface area contributed by atoms with Crippen molar-refractivity contribution in [2.24, 2.45) is 0 Å². The van der Waals surface area contributed by atoms with Crippen LogP contribution in [-0.4, -0.2) is 22.1 Å². The van der Waals surface area contributed by atoms with Gasteiger partial charge in [0.1, 0.15) is 5.56 Å². The molecule has 0 aliphatic heterocycles. The molecule has 22 heavy (non-hydrogen) atoms. The van der Waals surface area contributed by atoms with Gasteiger partial charge in [0.15, 0.2) is 0 Å². The quantitative estimate of drug-likeness (QED) is 0.912. The van der Waals surface area contributed by atoms with Crippen molar-refractivity contribution < 1.29 is 4.79 Å². The van der Waals surface area contributed by atoms with E-state index < -0.39 is 5.56 Å². The highest BCUT2D eigenvalue weighted by Gasteiger charge is 2.40. The van der Waals surface area contributed by atoms with Crippen LogP contribution < -0.4 is 10.9 Å². The molecule has 1 heterocycles. The molecule has 1 saturated carbocycles. The smallest absolute Gasteiger partial charge is 0.277 e. The maximum atomic E-state index is 12.3. The molecule has 0 bridgehead atoms. The van der Waals surface area contributed by atoms with E-state index >= 15 is 0 Å². The van der Waals surface area contributed by atoms with Crippen molar-refractivity contribution >= 4 is 17.5 Å². The molecular formula is C16H16ClN3O2. The molecule has 3 rings (SSSR count). The minimum Gasteiger partial charge on any atom is -0.348 e. The van der Waals surface area contributed by atoms with Gasteiger partial charge in [0.05, 0.1) is 5.69 Å². The summed E-state index contributed by atoms with van der Waals surface area (Å²) in [5, 5.41) is 9.81. The van der Waals surface area contributed by atoms with Crippen molar-refractivity contribution in [3.8, 4) is 0 Å². The molecule has 1 aliphatic rings. The average molecular weight is 318 g/mol. The van der Waals surface area contributed by atoms with Crippen molar-refractivity contribution in [2.45, 2.75) is 32.2 Å². The summed E-state index contributed by atoms with van der Waals surface area (Å²) >= 11 is 5.99. The number of benzene rings is 1. The molecule has 1 aromatic heterocycles. The standard InChI is InChI=1S/C16H16ClN3O2/c1-8-9(2)19-20-16(22)14(8)15(21)18-13-7-12(13)10-4-3-5-11(17)6-10/h3-6,12-13H,7H2,1-2H3,(H,18,21)(H,20,22)/t12-,13+/m0/s1. The maximum Gasteiger partial charge on any atom is 0.277 e. The Morgan fingerprint density at radius 3 is 2.91 bits per heavy atom. The highest BCUT2D eigenvalue weighted by Crippen LogP contribution is 2.41. The van der Waals surface area contributed by atoms with Crippen LogP contribution in [0.4, 0.5) is 0 Å². The van der Waals surface area contributed by atoms with E-state index in [-0.39, 0.29) is 23.4 Å². The topological polar surface area (TPSA) is 74.8 Å². The van der Waals surface area contributed by atoms with Crippen molar-refractivity contribution in [1.29, 1.82) is 0 Å². The van der Waals surface area contributed by atoms with Crippen molar-refractivity contribution in [2.75, 3.05) is 0 Å². The number of aromatic amines is 1. The fraction of sp³-hybridized carbons (Fsp3) is 0.312. The molecule has 5 nitrogen and oxygen atoms in total. The van der Waals surface area contributed by atoms with Gasteiger partial charge in [0.25, 0.3) is 11.5 Å². The second-order valence-corrected chi connectivity index (χ2v) is 6.05. The van der Waals surface area contributed by atoms with Crippen LogP contribution in [0.1, 0.15) is 39.5 Å². The number of hydrogen-bond donors (Lipinski definition) is 2. The van der Waals surface area contributed by atoms with Gasteiger partial charge in [-0.15, -0.1) is 0 Å². The highest BCUT2D eigenvalue weighted by molar-refractivity contribution is 6.30. The number of H-pyrrole nitrogens is 1. The Labute approximate surface area is 132 Å². The number of nitrogens with one attached hydrogen (secondary N) is 2. The lowest BCUT2D eigenvalue weighted by atomic mass is 10.1. The molecule has 1 aliphatic carbocycles. The zero-order valence-electron chi connectivity index (χ0n) is 12.3. The van der Waals surface area contributed by atoms with Gasteiger partial charge in [-0.1, -0.05) is 23.7 Å². The van der Waals surface area contributed by atoms with E-state index in [0.29, 0.717) is 16.3 Å². The lowest BCUT2D eigenvalue weighted by Crippen LogP contribution is -2.33. The Balaban J connectivity index is 1.75. The molecule has 0 saturated heterocycles. The number of halogens is 1. The lowest BCUT2D eigenvalue weighted by Gasteiger charge is -2.08. The number of aromatic nitrogens is 2. The van der Waals surface area contributed by atoms with E-state index in [1.54, 1.807) is 13.8 Å². The maximum absolute atomic E-state index is 12.3. The molecule has 114 valence electrons. The number of aryl methyl sites for hydroxylation is 1. The molecule has 0 spiro atoms. The number of carbonyl (C=O) groups is 1. The van der Waals surface area contributed by atoms with Gasteiger partial charge in [-0.2, -0.15) is 5.10 Å². The molecule has 2 N–H and O–H groups in total. The summed E-state index contributed by atoms with van der Waals surface area (Å²) in [5.74, 6) is -0.0938. The molecular weight excluding hydrogens is 302 g/mol. The van der Waals surface area contributed by atoms with Gasteiger partial charge in [-0.05, 0) is 43.5 Å². The zero-order valence-corrected chi connectivity index (χ0v) is 13.1. The van der Waals surface area contributed by atoms with Crippen LogP contribution in [-0.2, 0) is 0 Å². The molecule has 2 atom stereocenters. The summed E-state index contributed by atoms with van der Waals surface area (Å²) < 4.78 is 0. The predicted octanol–water partition coefficient (Wildman–Crippen LogP) is 2.33. The Hall–Kier alpha value is -2.14. The van der Waals surface area contributed by atoms with Gasteiger partial charge < -0.3 is 5.32 Å². The highest BCUT2D eigenvalue weighted by atomic mass is 35.5. The molecule has 1 aromatic carbocycles. The first-order valence-electron chi connectivity index (χ1n) is 7.09. The molecule has 1 amide bonds. The third-order valence-corrected chi connectivity index (χ3v) is 4.32. The molecule has 0 unspecified atom stereocenters. The predicted molar refractivity (Wildman–Crippen MR) is 84.4 cm³/mol. The summed E-state index contributed by atoms with van der Waals surface area (Å²) in [6.45, 7) is 3.49. The SMILES string of the molecule is Cc1n[nH]c(=O)c(C(=O)N[C@@H]2C[C@H]2c2cccc(Cl)c2)c1C. The van der Waals surface area contributed by atoms with Gasteiger partial charge in [-0.3, -0.25) is 9.59 Å². The summed E-state index contributed by atoms with van der Waals surface area (Å²) in [7, 11) is 0. The van der Waals surface area contributed by atoms with Gasteiger partial charge in [0.2, 0.25) is 0 Å². The van der Waals surface area contributed by atoms with Gasteiger partial charge in [0, 0.05) is 17.0 Å². The van der Waals surface area contributed by atoms with Crippen LogP contribution in [0.5, 0.6) is 0 Å². The summed E-state index contributed by atoms with van der Waals surface area (Å²) in [4.78, 5) is 24.2. The van der Waals surface area contributed by atoms with Crippen LogP contribution in [0.15, 0.2) is 29.1 Å². The minimum atomic E-state index is -0.458. The van der Waals surface area contributed by atoms with Crippen molar-refractivity contribution in [3.63, 3.8) is 0 Å². The third kappa shape index (κ3) is 2.76. The number of hydrogen-bond acceptors (Lipinski definition) is 3. The first-order chi connectivity index (χ1) is 10.5. The Kier molecular flexibility index (Phi) is 3.74. The van der Waals surface area contributed by atoms with Gasteiger partial charge in [-0.25, -0.2) is 5.10 Å². The first-order valence-corrected chi connectivity index (χ1v) is 7.47. The second kappa shape index (κ2) is 5.57. The van der Waals surface area contributed by atoms with Crippen LogP contribution in [0.3, 0.4) is 0 Å². The number of rotatable bonds is 3.